The fourth-order valence-corrected chi connectivity index (χ4v) is 2.60. The maximum absolute atomic E-state index is 6.16. The highest BCUT2D eigenvalue weighted by Crippen LogP contribution is 2.29. The third-order valence-corrected chi connectivity index (χ3v) is 4.20. The molecule has 0 radical (unpaired) electrons. The number of rotatable bonds is 5. The Morgan fingerprint density at radius 3 is 2.62 bits per heavy atom. The van der Waals surface area contributed by atoms with Crippen molar-refractivity contribution < 1.29 is 0 Å². The minimum atomic E-state index is -0.372. The Bertz CT molecular complexity index is 762. The molecule has 0 bridgehead atoms. The summed E-state index contributed by atoms with van der Waals surface area (Å²) in [5.41, 5.74) is 8.04. The van der Waals surface area contributed by atoms with Gasteiger partial charge in [0.25, 0.3) is 0 Å². The molecule has 124 valence electrons. The van der Waals surface area contributed by atoms with Gasteiger partial charge in [-0.05, 0) is 30.3 Å². The summed E-state index contributed by atoms with van der Waals surface area (Å²) in [6, 6.07) is 9.17. The van der Waals surface area contributed by atoms with Gasteiger partial charge in [-0.3, -0.25) is 9.88 Å². The SMILES string of the molecule is CCC1=NC=NC(NNc2ccncc2)N1c1ccc(Cl)c(Cl)c1. The van der Waals surface area contributed by atoms with Crippen LogP contribution in [0.1, 0.15) is 13.3 Å². The maximum atomic E-state index is 6.16. The van der Waals surface area contributed by atoms with Crippen molar-refractivity contribution in [2.45, 2.75) is 19.6 Å². The van der Waals surface area contributed by atoms with Gasteiger partial charge in [-0.2, -0.15) is 5.43 Å². The molecular weight excluding hydrogens is 347 g/mol. The number of amidine groups is 1. The Kier molecular flexibility index (Phi) is 5.30. The molecule has 1 aliphatic rings. The van der Waals surface area contributed by atoms with E-state index in [1.807, 2.05) is 30.0 Å². The van der Waals surface area contributed by atoms with E-state index in [-0.39, 0.29) is 6.29 Å². The van der Waals surface area contributed by atoms with Gasteiger partial charge in [-0.1, -0.05) is 30.1 Å². The van der Waals surface area contributed by atoms with Gasteiger partial charge in [0.15, 0.2) is 6.29 Å². The summed E-state index contributed by atoms with van der Waals surface area (Å²) in [5, 5.41) is 0.996. The monoisotopic (exact) mass is 362 g/mol. The van der Waals surface area contributed by atoms with Crippen molar-refractivity contribution in [2.75, 3.05) is 10.3 Å². The molecule has 3 rings (SSSR count). The normalized spacial score (nSPS) is 16.9. The second kappa shape index (κ2) is 7.61. The Morgan fingerprint density at radius 1 is 1.12 bits per heavy atom. The summed E-state index contributed by atoms with van der Waals surface area (Å²) in [7, 11) is 0. The molecule has 0 fully saturated rings. The van der Waals surface area contributed by atoms with Crippen molar-refractivity contribution in [3.8, 4) is 0 Å². The van der Waals surface area contributed by atoms with Crippen LogP contribution in [-0.4, -0.2) is 23.4 Å². The highest BCUT2D eigenvalue weighted by atomic mass is 35.5. The van der Waals surface area contributed by atoms with E-state index in [1.165, 1.54) is 0 Å². The molecule has 1 atom stereocenters. The van der Waals surface area contributed by atoms with Crippen LogP contribution in [0.15, 0.2) is 52.7 Å². The molecule has 0 amide bonds. The first-order chi connectivity index (χ1) is 11.7. The van der Waals surface area contributed by atoms with Gasteiger partial charge < -0.3 is 5.43 Å². The van der Waals surface area contributed by atoms with E-state index in [0.717, 1.165) is 23.6 Å². The summed E-state index contributed by atoms with van der Waals surface area (Å²) in [5.74, 6) is 0.873. The van der Waals surface area contributed by atoms with Gasteiger partial charge in [0.2, 0.25) is 0 Å². The smallest absolute Gasteiger partial charge is 0.199 e. The Balaban J connectivity index is 1.84. The zero-order valence-corrected chi connectivity index (χ0v) is 14.5. The quantitative estimate of drug-likeness (QED) is 0.790. The lowest BCUT2D eigenvalue weighted by molar-refractivity contribution is 0.592. The number of hydrazine groups is 1. The predicted octanol–water partition coefficient (Wildman–Crippen LogP) is 3.95. The lowest BCUT2D eigenvalue weighted by atomic mass is 10.2. The minimum absolute atomic E-state index is 0.372. The molecule has 0 saturated carbocycles. The van der Waals surface area contributed by atoms with Crippen LogP contribution in [0.4, 0.5) is 11.4 Å². The van der Waals surface area contributed by atoms with Crippen LogP contribution in [0.25, 0.3) is 0 Å². The zero-order valence-electron chi connectivity index (χ0n) is 12.9. The average molecular weight is 363 g/mol. The molecule has 24 heavy (non-hydrogen) atoms. The molecule has 1 aromatic heterocycles. The predicted molar refractivity (Wildman–Crippen MR) is 99.9 cm³/mol. The number of halogens is 2. The first kappa shape index (κ1) is 16.7. The maximum Gasteiger partial charge on any atom is 0.199 e. The summed E-state index contributed by atoms with van der Waals surface area (Å²) < 4.78 is 0. The standard InChI is InChI=1S/C16H16Cl2N6/c1-2-15-20-10-21-16(23-22-11-5-7-19-8-6-11)24(15)12-3-4-13(17)14(18)9-12/h3-10,16,23H,2H2,1H3,(H,19,22). The number of benzene rings is 1. The summed E-state index contributed by atoms with van der Waals surface area (Å²) in [6.45, 7) is 2.04. The Labute approximate surface area is 150 Å². The van der Waals surface area contributed by atoms with Crippen LogP contribution in [-0.2, 0) is 0 Å². The van der Waals surface area contributed by atoms with Gasteiger partial charge in [-0.25, -0.2) is 9.98 Å². The highest BCUT2D eigenvalue weighted by molar-refractivity contribution is 6.42. The fourth-order valence-electron chi connectivity index (χ4n) is 2.30. The van der Waals surface area contributed by atoms with E-state index in [9.17, 15) is 0 Å². The van der Waals surface area contributed by atoms with E-state index < -0.39 is 0 Å². The molecule has 1 unspecified atom stereocenters. The lowest BCUT2D eigenvalue weighted by Gasteiger charge is -2.34. The van der Waals surface area contributed by atoms with E-state index in [4.69, 9.17) is 23.2 Å². The van der Waals surface area contributed by atoms with Crippen LogP contribution in [0.5, 0.6) is 0 Å². The molecule has 0 saturated heterocycles. The summed E-state index contributed by atoms with van der Waals surface area (Å²) in [4.78, 5) is 14.7. The number of hydrogen-bond donors (Lipinski definition) is 2. The Hall–Kier alpha value is -2.15. The average Bonchev–Trinajstić information content (AvgIpc) is 2.63. The molecule has 1 aromatic carbocycles. The second-order valence-electron chi connectivity index (χ2n) is 5.01. The lowest BCUT2D eigenvalue weighted by Crippen LogP contribution is -2.51. The molecule has 2 aromatic rings. The van der Waals surface area contributed by atoms with E-state index in [1.54, 1.807) is 30.9 Å². The van der Waals surface area contributed by atoms with Crippen molar-refractivity contribution in [3.05, 3.63) is 52.8 Å². The van der Waals surface area contributed by atoms with Gasteiger partial charge in [0.05, 0.1) is 15.7 Å². The van der Waals surface area contributed by atoms with E-state index >= 15 is 0 Å². The third kappa shape index (κ3) is 3.67. The molecule has 0 spiro atoms. The van der Waals surface area contributed by atoms with Crippen molar-refractivity contribution >= 4 is 46.8 Å². The van der Waals surface area contributed by atoms with Crippen LogP contribution in [0.3, 0.4) is 0 Å². The molecule has 2 heterocycles. The Morgan fingerprint density at radius 2 is 1.92 bits per heavy atom. The fraction of sp³-hybridized carbons (Fsp3) is 0.188. The number of anilines is 2. The number of aliphatic imine (C=N–C) groups is 2. The number of aromatic nitrogens is 1. The number of nitrogens with zero attached hydrogens (tertiary/aromatic N) is 4. The van der Waals surface area contributed by atoms with E-state index in [0.29, 0.717) is 10.0 Å². The second-order valence-corrected chi connectivity index (χ2v) is 5.83. The molecule has 6 nitrogen and oxygen atoms in total. The number of hydrogen-bond acceptors (Lipinski definition) is 6. The molecule has 1 aliphatic heterocycles. The van der Waals surface area contributed by atoms with Crippen molar-refractivity contribution in [1.82, 2.24) is 10.4 Å². The third-order valence-electron chi connectivity index (χ3n) is 3.46. The molecular formula is C16H16Cl2N6. The van der Waals surface area contributed by atoms with Crippen LogP contribution in [0, 0.1) is 0 Å². The molecule has 2 N–H and O–H groups in total. The van der Waals surface area contributed by atoms with Crippen LogP contribution >= 0.6 is 23.2 Å². The largest absolute Gasteiger partial charge is 0.318 e. The van der Waals surface area contributed by atoms with Gasteiger partial charge in [0, 0.05) is 24.5 Å². The first-order valence-electron chi connectivity index (χ1n) is 7.43. The van der Waals surface area contributed by atoms with Crippen molar-refractivity contribution in [2.24, 2.45) is 9.98 Å². The van der Waals surface area contributed by atoms with Crippen LogP contribution < -0.4 is 15.8 Å². The minimum Gasteiger partial charge on any atom is -0.318 e. The summed E-state index contributed by atoms with van der Waals surface area (Å²) >= 11 is 12.2. The van der Waals surface area contributed by atoms with Crippen LogP contribution in [0.2, 0.25) is 10.0 Å². The topological polar surface area (TPSA) is 64.9 Å². The number of nitrogens with one attached hydrogen (secondary N) is 2. The molecule has 8 heteroatoms. The van der Waals surface area contributed by atoms with Gasteiger partial charge in [-0.15, -0.1) is 0 Å². The van der Waals surface area contributed by atoms with Gasteiger partial charge in [0.1, 0.15) is 12.2 Å². The molecule has 0 aliphatic carbocycles. The summed E-state index contributed by atoms with van der Waals surface area (Å²) in [6.07, 6.45) is 5.36. The highest BCUT2D eigenvalue weighted by Gasteiger charge is 2.24. The zero-order chi connectivity index (χ0) is 16.9. The van der Waals surface area contributed by atoms with Gasteiger partial charge >= 0.3 is 0 Å². The van der Waals surface area contributed by atoms with Crippen molar-refractivity contribution in [1.29, 1.82) is 0 Å². The van der Waals surface area contributed by atoms with E-state index in [2.05, 4.69) is 25.8 Å². The van der Waals surface area contributed by atoms with Crippen molar-refractivity contribution in [3.63, 3.8) is 0 Å². The first-order valence-corrected chi connectivity index (χ1v) is 8.19. The number of pyridine rings is 1.